The number of hydrogen-bond donors (Lipinski definition) is 0. The van der Waals surface area contributed by atoms with Crippen molar-refractivity contribution in [3.63, 3.8) is 0 Å². The smallest absolute Gasteiger partial charge is 0.119 e. The fourth-order valence-corrected chi connectivity index (χ4v) is 4.15. The maximum atomic E-state index is 5.61. The molecule has 0 N–H and O–H groups in total. The Kier molecular flexibility index (Phi) is 9.10. The molecule has 0 heterocycles. The maximum Gasteiger partial charge on any atom is 0.119 e. The first-order chi connectivity index (χ1) is 14.8. The molecule has 1 heteroatoms. The molecule has 1 saturated carbocycles. The van der Waals surface area contributed by atoms with Gasteiger partial charge < -0.3 is 4.74 Å². The Labute approximate surface area is 183 Å². The van der Waals surface area contributed by atoms with Gasteiger partial charge in [-0.3, -0.25) is 0 Å². The predicted molar refractivity (Wildman–Crippen MR) is 128 cm³/mol. The zero-order valence-corrected chi connectivity index (χ0v) is 18.7. The summed E-state index contributed by atoms with van der Waals surface area (Å²) in [5, 5.41) is 0. The van der Waals surface area contributed by atoms with Gasteiger partial charge in [0, 0.05) is 5.56 Å². The molecule has 0 radical (unpaired) electrons. The van der Waals surface area contributed by atoms with Crippen molar-refractivity contribution in [1.82, 2.24) is 0 Å². The van der Waals surface area contributed by atoms with Gasteiger partial charge in [0.2, 0.25) is 0 Å². The standard InChI is InChI=1S/C29H36O/c1-3-5-8-24-11-17-27(18-12-24)28-19-13-25(14-20-28)9-6-7-10-26-15-21-29(22-16-26)30-23-4-2/h6,9,11-12,15-18,21-22,25,28H,3-5,8,13-14,19-20,23H2,1-2H3/b9-6+/t25-,28-. The number of hydrogen-bond acceptors (Lipinski definition) is 1. The Hall–Kier alpha value is -2.46. The molecule has 0 atom stereocenters. The van der Waals surface area contributed by atoms with Crippen LogP contribution in [0.3, 0.4) is 0 Å². The summed E-state index contributed by atoms with van der Waals surface area (Å²) in [5.41, 5.74) is 4.05. The summed E-state index contributed by atoms with van der Waals surface area (Å²) >= 11 is 0. The van der Waals surface area contributed by atoms with Crippen molar-refractivity contribution in [3.05, 3.63) is 77.4 Å². The Morgan fingerprint density at radius 1 is 0.900 bits per heavy atom. The van der Waals surface area contributed by atoms with E-state index in [0.29, 0.717) is 5.92 Å². The Morgan fingerprint density at radius 3 is 2.30 bits per heavy atom. The molecule has 1 aliphatic carbocycles. The van der Waals surface area contributed by atoms with E-state index in [1.807, 2.05) is 24.3 Å². The summed E-state index contributed by atoms with van der Waals surface area (Å²) in [6, 6.07) is 17.5. The SMILES string of the molecule is CCCCc1ccc([C@H]2CC[C@H](/C=C/C#Cc3ccc(OCCC)cc3)CC2)cc1. The summed E-state index contributed by atoms with van der Waals surface area (Å²) < 4.78 is 5.61. The van der Waals surface area contributed by atoms with E-state index in [-0.39, 0.29) is 0 Å². The van der Waals surface area contributed by atoms with E-state index in [4.69, 9.17) is 4.74 Å². The van der Waals surface area contributed by atoms with Crippen LogP contribution in [0.25, 0.3) is 0 Å². The first-order valence-electron chi connectivity index (χ1n) is 11.8. The largest absolute Gasteiger partial charge is 0.494 e. The molecule has 0 aromatic heterocycles. The minimum absolute atomic E-state index is 0.671. The van der Waals surface area contributed by atoms with Gasteiger partial charge in [-0.2, -0.15) is 0 Å². The maximum absolute atomic E-state index is 5.61. The molecule has 2 aromatic rings. The second kappa shape index (κ2) is 12.3. The third-order valence-electron chi connectivity index (χ3n) is 6.04. The third-order valence-corrected chi connectivity index (χ3v) is 6.04. The van der Waals surface area contributed by atoms with Crippen molar-refractivity contribution < 1.29 is 4.74 Å². The number of unbranched alkanes of at least 4 members (excludes halogenated alkanes) is 1. The van der Waals surface area contributed by atoms with Crippen molar-refractivity contribution >= 4 is 0 Å². The molecule has 0 bridgehead atoms. The van der Waals surface area contributed by atoms with Gasteiger partial charge in [0.15, 0.2) is 0 Å². The quantitative estimate of drug-likeness (QED) is 0.412. The van der Waals surface area contributed by atoms with Crippen molar-refractivity contribution in [3.8, 4) is 17.6 Å². The molecule has 0 aliphatic heterocycles. The molecule has 1 nitrogen and oxygen atoms in total. The number of benzene rings is 2. The zero-order valence-electron chi connectivity index (χ0n) is 18.7. The van der Waals surface area contributed by atoms with E-state index in [9.17, 15) is 0 Å². The number of aryl methyl sites for hydroxylation is 1. The third kappa shape index (κ3) is 7.10. The topological polar surface area (TPSA) is 9.23 Å². The second-order valence-electron chi connectivity index (χ2n) is 8.46. The molecule has 1 aliphatic rings. The molecule has 30 heavy (non-hydrogen) atoms. The van der Waals surface area contributed by atoms with E-state index in [1.165, 1.54) is 56.1 Å². The monoisotopic (exact) mass is 400 g/mol. The Bertz CT molecular complexity index is 825. The average molecular weight is 401 g/mol. The van der Waals surface area contributed by atoms with Crippen LogP contribution in [0, 0.1) is 17.8 Å². The van der Waals surface area contributed by atoms with Crippen LogP contribution in [-0.2, 0) is 6.42 Å². The van der Waals surface area contributed by atoms with Gasteiger partial charge in [-0.1, -0.05) is 62.5 Å². The van der Waals surface area contributed by atoms with Crippen molar-refractivity contribution in [1.29, 1.82) is 0 Å². The lowest BCUT2D eigenvalue weighted by Gasteiger charge is -2.27. The van der Waals surface area contributed by atoms with Crippen molar-refractivity contribution in [2.45, 2.75) is 71.1 Å². The van der Waals surface area contributed by atoms with E-state index >= 15 is 0 Å². The molecule has 0 unspecified atom stereocenters. The van der Waals surface area contributed by atoms with E-state index in [1.54, 1.807) is 0 Å². The van der Waals surface area contributed by atoms with Crippen LogP contribution in [0.1, 0.15) is 81.4 Å². The first kappa shape index (κ1) is 22.2. The molecular weight excluding hydrogens is 364 g/mol. The van der Waals surface area contributed by atoms with Crippen LogP contribution in [0.4, 0.5) is 0 Å². The molecule has 0 saturated heterocycles. The average Bonchev–Trinajstić information content (AvgIpc) is 2.81. The molecular formula is C29H36O. The minimum Gasteiger partial charge on any atom is -0.494 e. The molecule has 0 amide bonds. The van der Waals surface area contributed by atoms with Crippen LogP contribution >= 0.6 is 0 Å². The number of allylic oxidation sites excluding steroid dienone is 2. The number of rotatable bonds is 8. The van der Waals surface area contributed by atoms with E-state index < -0.39 is 0 Å². The van der Waals surface area contributed by atoms with Crippen LogP contribution in [0.2, 0.25) is 0 Å². The number of ether oxygens (including phenoxy) is 1. The van der Waals surface area contributed by atoms with Gasteiger partial charge in [0.1, 0.15) is 5.75 Å². The zero-order chi connectivity index (χ0) is 21.0. The highest BCUT2D eigenvalue weighted by Crippen LogP contribution is 2.36. The highest BCUT2D eigenvalue weighted by atomic mass is 16.5. The highest BCUT2D eigenvalue weighted by molar-refractivity contribution is 5.40. The van der Waals surface area contributed by atoms with Crippen molar-refractivity contribution in [2.75, 3.05) is 6.61 Å². The van der Waals surface area contributed by atoms with Crippen LogP contribution in [0.5, 0.6) is 5.75 Å². The van der Waals surface area contributed by atoms with Gasteiger partial charge in [0.05, 0.1) is 6.61 Å². The summed E-state index contributed by atoms with van der Waals surface area (Å²) in [6.45, 7) is 5.14. The lowest BCUT2D eigenvalue weighted by Crippen LogP contribution is -2.11. The van der Waals surface area contributed by atoms with Crippen molar-refractivity contribution in [2.24, 2.45) is 5.92 Å². The molecule has 3 rings (SSSR count). The fraction of sp³-hybridized carbons (Fsp3) is 0.448. The Morgan fingerprint density at radius 2 is 1.63 bits per heavy atom. The van der Waals surface area contributed by atoms with Gasteiger partial charge in [-0.25, -0.2) is 0 Å². The van der Waals surface area contributed by atoms with Gasteiger partial charge >= 0.3 is 0 Å². The van der Waals surface area contributed by atoms with Gasteiger partial charge in [-0.15, -0.1) is 0 Å². The second-order valence-corrected chi connectivity index (χ2v) is 8.46. The lowest BCUT2D eigenvalue weighted by molar-refractivity contribution is 0.317. The summed E-state index contributed by atoms with van der Waals surface area (Å²) in [6.07, 6.45) is 14.3. The molecule has 1 fully saturated rings. The normalized spacial score (nSPS) is 18.7. The Balaban J connectivity index is 1.43. The minimum atomic E-state index is 0.671. The summed E-state index contributed by atoms with van der Waals surface area (Å²) in [4.78, 5) is 0. The highest BCUT2D eigenvalue weighted by Gasteiger charge is 2.20. The fourth-order valence-electron chi connectivity index (χ4n) is 4.15. The molecule has 2 aromatic carbocycles. The lowest BCUT2D eigenvalue weighted by atomic mass is 9.78. The van der Waals surface area contributed by atoms with Gasteiger partial charge in [-0.05, 0) is 98.2 Å². The van der Waals surface area contributed by atoms with Crippen LogP contribution < -0.4 is 4.74 Å². The summed E-state index contributed by atoms with van der Waals surface area (Å²) in [5.74, 6) is 8.76. The molecule has 0 spiro atoms. The summed E-state index contributed by atoms with van der Waals surface area (Å²) in [7, 11) is 0. The predicted octanol–water partition coefficient (Wildman–Crippen LogP) is 7.70. The molecule has 158 valence electrons. The van der Waals surface area contributed by atoms with Gasteiger partial charge in [0.25, 0.3) is 0 Å². The van der Waals surface area contributed by atoms with E-state index in [0.717, 1.165) is 30.3 Å². The van der Waals surface area contributed by atoms with Crippen LogP contribution in [0.15, 0.2) is 60.7 Å². The van der Waals surface area contributed by atoms with Crippen LogP contribution in [-0.4, -0.2) is 6.61 Å². The first-order valence-corrected chi connectivity index (χ1v) is 11.8. The van der Waals surface area contributed by atoms with E-state index in [2.05, 4.69) is 62.1 Å².